The van der Waals surface area contributed by atoms with Crippen molar-refractivity contribution in [1.82, 2.24) is 10.6 Å². The quantitative estimate of drug-likeness (QED) is 0.601. The molecule has 0 bridgehead atoms. The lowest BCUT2D eigenvalue weighted by atomic mass is 9.83. The molecule has 2 aliphatic rings. The molecule has 0 radical (unpaired) electrons. The zero-order valence-corrected chi connectivity index (χ0v) is 16.4. The lowest BCUT2D eigenvalue weighted by Crippen LogP contribution is -2.45. The van der Waals surface area contributed by atoms with E-state index >= 15 is 0 Å². The Morgan fingerprint density at radius 2 is 1.69 bits per heavy atom. The molecule has 5 heteroatoms. The second-order valence-corrected chi connectivity index (χ2v) is 7.72. The number of allylic oxidation sites excluding steroid dienone is 1. The van der Waals surface area contributed by atoms with Crippen LogP contribution in [0.2, 0.25) is 10.0 Å². The van der Waals surface area contributed by atoms with Crippen LogP contribution in [0.4, 0.5) is 0 Å². The first kappa shape index (κ1) is 17.6. The van der Waals surface area contributed by atoms with Crippen LogP contribution in [0.1, 0.15) is 36.4 Å². The molecule has 2 nitrogen and oxygen atoms in total. The van der Waals surface area contributed by atoms with Crippen molar-refractivity contribution in [2.75, 3.05) is 0 Å². The number of hydrogen-bond donors (Lipinski definition) is 2. The van der Waals surface area contributed by atoms with E-state index in [-0.39, 0.29) is 6.04 Å². The number of nitrogens with one attached hydrogen (secondary N) is 2. The first-order chi connectivity index (χ1) is 12.6. The Hall–Kier alpha value is -1.81. The molecule has 0 saturated heterocycles. The third-order valence-electron chi connectivity index (χ3n) is 4.85. The lowest BCUT2D eigenvalue weighted by molar-refractivity contribution is 0.609. The highest BCUT2D eigenvalue weighted by Crippen LogP contribution is 2.40. The molecule has 26 heavy (non-hydrogen) atoms. The standard InChI is InChI=1S/C21H18Cl2N2S/c22-17-10-3-1-6-13(17)12-14-7-5-9-16-19(14)24-21(26)25-20(16)15-8-2-4-11-18(15)23/h1-4,6,8,10-12,20H,5,7,9H2,(H2,24,25,26)/b14-12+/t20-/m1/s1. The zero-order valence-electron chi connectivity index (χ0n) is 14.1. The second-order valence-electron chi connectivity index (χ2n) is 6.50. The van der Waals surface area contributed by atoms with Gasteiger partial charge in [0.2, 0.25) is 0 Å². The smallest absolute Gasteiger partial charge is 0.171 e. The molecule has 1 heterocycles. The van der Waals surface area contributed by atoms with Crippen molar-refractivity contribution in [1.29, 1.82) is 0 Å². The van der Waals surface area contributed by atoms with Gasteiger partial charge in [-0.2, -0.15) is 0 Å². The summed E-state index contributed by atoms with van der Waals surface area (Å²) in [6.07, 6.45) is 5.26. The number of benzene rings is 2. The highest BCUT2D eigenvalue weighted by Gasteiger charge is 2.31. The van der Waals surface area contributed by atoms with Gasteiger partial charge in [-0.15, -0.1) is 0 Å². The van der Waals surface area contributed by atoms with Gasteiger partial charge in [-0.05, 0) is 72.0 Å². The maximum absolute atomic E-state index is 6.47. The van der Waals surface area contributed by atoms with Crippen LogP contribution in [-0.2, 0) is 0 Å². The van der Waals surface area contributed by atoms with Gasteiger partial charge in [0, 0.05) is 15.7 Å². The van der Waals surface area contributed by atoms with Crippen molar-refractivity contribution < 1.29 is 0 Å². The van der Waals surface area contributed by atoms with E-state index in [0.29, 0.717) is 5.11 Å². The fraction of sp³-hybridized carbons (Fsp3) is 0.190. The molecule has 0 unspecified atom stereocenters. The van der Waals surface area contributed by atoms with E-state index < -0.39 is 0 Å². The van der Waals surface area contributed by atoms with E-state index in [9.17, 15) is 0 Å². The SMILES string of the molecule is S=C1NC2=C(CCC/C2=C\c2ccccc2Cl)[C@@H](c2ccccc2Cl)N1. The number of thiocarbonyl (C=S) groups is 1. The fourth-order valence-corrected chi connectivity index (χ4v) is 4.30. The van der Waals surface area contributed by atoms with E-state index in [1.165, 1.54) is 11.1 Å². The Morgan fingerprint density at radius 3 is 2.46 bits per heavy atom. The van der Waals surface area contributed by atoms with Crippen LogP contribution in [0.25, 0.3) is 6.08 Å². The molecule has 0 saturated carbocycles. The van der Waals surface area contributed by atoms with Gasteiger partial charge >= 0.3 is 0 Å². The van der Waals surface area contributed by atoms with Crippen LogP contribution in [0, 0.1) is 0 Å². The van der Waals surface area contributed by atoms with Gasteiger partial charge in [0.15, 0.2) is 5.11 Å². The number of halogens is 2. The number of rotatable bonds is 2. The largest absolute Gasteiger partial charge is 0.352 e. The average Bonchev–Trinajstić information content (AvgIpc) is 2.64. The second kappa shape index (κ2) is 7.43. The molecule has 2 aromatic carbocycles. The third-order valence-corrected chi connectivity index (χ3v) is 5.76. The average molecular weight is 401 g/mol. The summed E-state index contributed by atoms with van der Waals surface area (Å²) in [5.74, 6) is 0. The summed E-state index contributed by atoms with van der Waals surface area (Å²) in [4.78, 5) is 0. The van der Waals surface area contributed by atoms with Crippen molar-refractivity contribution in [2.24, 2.45) is 0 Å². The van der Waals surface area contributed by atoms with Crippen molar-refractivity contribution in [3.8, 4) is 0 Å². The predicted octanol–water partition coefficient (Wildman–Crippen LogP) is 6.03. The molecule has 1 aliphatic heterocycles. The zero-order chi connectivity index (χ0) is 18.1. The summed E-state index contributed by atoms with van der Waals surface area (Å²) in [5.41, 5.74) is 5.74. The molecule has 132 valence electrons. The Bertz CT molecular complexity index is 933. The van der Waals surface area contributed by atoms with E-state index in [0.717, 1.165) is 46.1 Å². The molecule has 0 amide bonds. The molecule has 2 N–H and O–H groups in total. The Kier molecular flexibility index (Phi) is 5.03. The topological polar surface area (TPSA) is 24.1 Å². The van der Waals surface area contributed by atoms with Crippen LogP contribution >= 0.6 is 35.4 Å². The highest BCUT2D eigenvalue weighted by atomic mass is 35.5. The molecule has 2 aromatic rings. The van der Waals surface area contributed by atoms with Crippen LogP contribution in [0.3, 0.4) is 0 Å². The molecule has 1 atom stereocenters. The van der Waals surface area contributed by atoms with Gasteiger partial charge in [-0.25, -0.2) is 0 Å². The first-order valence-electron chi connectivity index (χ1n) is 8.64. The van der Waals surface area contributed by atoms with Crippen LogP contribution < -0.4 is 10.6 Å². The normalized spacial score (nSPS) is 21.2. The van der Waals surface area contributed by atoms with Crippen molar-refractivity contribution in [3.05, 3.63) is 86.5 Å². The lowest BCUT2D eigenvalue weighted by Gasteiger charge is -2.36. The summed E-state index contributed by atoms with van der Waals surface area (Å²) >= 11 is 18.3. The van der Waals surface area contributed by atoms with E-state index in [1.807, 2.05) is 42.5 Å². The molecular weight excluding hydrogens is 383 g/mol. The van der Waals surface area contributed by atoms with Gasteiger partial charge in [-0.1, -0.05) is 59.6 Å². The van der Waals surface area contributed by atoms with Gasteiger partial charge in [0.25, 0.3) is 0 Å². The Balaban J connectivity index is 1.81. The predicted molar refractivity (Wildman–Crippen MR) is 113 cm³/mol. The van der Waals surface area contributed by atoms with Gasteiger partial charge in [-0.3, -0.25) is 0 Å². The Labute approximate surface area is 168 Å². The van der Waals surface area contributed by atoms with Gasteiger partial charge in [0.05, 0.1) is 6.04 Å². The molecular formula is C21H18Cl2N2S. The molecule has 0 fully saturated rings. The van der Waals surface area contributed by atoms with Crippen LogP contribution in [-0.4, -0.2) is 5.11 Å². The highest BCUT2D eigenvalue weighted by molar-refractivity contribution is 7.80. The minimum atomic E-state index is 0.00222. The van der Waals surface area contributed by atoms with Crippen molar-refractivity contribution >= 4 is 46.6 Å². The fourth-order valence-electron chi connectivity index (χ4n) is 3.64. The van der Waals surface area contributed by atoms with Gasteiger partial charge in [0.1, 0.15) is 0 Å². The summed E-state index contributed by atoms with van der Waals surface area (Å²) in [5, 5.41) is 8.90. The first-order valence-corrected chi connectivity index (χ1v) is 9.80. The Morgan fingerprint density at radius 1 is 0.962 bits per heavy atom. The third kappa shape index (κ3) is 3.39. The summed E-state index contributed by atoms with van der Waals surface area (Å²) < 4.78 is 0. The molecule has 1 aliphatic carbocycles. The molecule has 4 rings (SSSR count). The maximum Gasteiger partial charge on any atom is 0.171 e. The summed E-state index contributed by atoms with van der Waals surface area (Å²) in [6.45, 7) is 0. The van der Waals surface area contributed by atoms with Crippen LogP contribution in [0.15, 0.2) is 65.4 Å². The van der Waals surface area contributed by atoms with Crippen molar-refractivity contribution in [2.45, 2.75) is 25.3 Å². The monoisotopic (exact) mass is 400 g/mol. The summed E-state index contributed by atoms with van der Waals surface area (Å²) in [6, 6.07) is 15.8. The van der Waals surface area contributed by atoms with E-state index in [4.69, 9.17) is 35.4 Å². The van der Waals surface area contributed by atoms with E-state index in [2.05, 4.69) is 22.8 Å². The maximum atomic E-state index is 6.47. The number of hydrogen-bond acceptors (Lipinski definition) is 1. The molecule has 0 spiro atoms. The van der Waals surface area contributed by atoms with Gasteiger partial charge < -0.3 is 10.6 Å². The molecule has 0 aromatic heterocycles. The van der Waals surface area contributed by atoms with Crippen molar-refractivity contribution in [3.63, 3.8) is 0 Å². The minimum Gasteiger partial charge on any atom is -0.352 e. The summed E-state index contributed by atoms with van der Waals surface area (Å²) in [7, 11) is 0. The van der Waals surface area contributed by atoms with Crippen LogP contribution in [0.5, 0.6) is 0 Å². The minimum absolute atomic E-state index is 0.00222. The van der Waals surface area contributed by atoms with E-state index in [1.54, 1.807) is 0 Å².